The van der Waals surface area contributed by atoms with Crippen molar-refractivity contribution in [1.82, 2.24) is 4.90 Å². The summed E-state index contributed by atoms with van der Waals surface area (Å²) in [5, 5.41) is 0. The van der Waals surface area contributed by atoms with Crippen LogP contribution in [0.4, 0.5) is 0 Å². The third-order valence-electron chi connectivity index (χ3n) is 4.38. The Morgan fingerprint density at radius 2 is 1.77 bits per heavy atom. The zero-order chi connectivity index (χ0) is 18.6. The van der Waals surface area contributed by atoms with E-state index in [1.807, 2.05) is 35.2 Å². The number of amides is 1. The molecular weight excluding hydrogens is 350 g/mol. The fourth-order valence-corrected chi connectivity index (χ4v) is 3.93. The molecule has 0 saturated carbocycles. The number of para-hydroxylation sites is 1. The molecule has 1 saturated heterocycles. The highest BCUT2D eigenvalue weighted by molar-refractivity contribution is 7.89. The lowest BCUT2D eigenvalue weighted by atomic mass is 10.1. The largest absolute Gasteiger partial charge is 0.490 e. The van der Waals surface area contributed by atoms with Gasteiger partial charge in [0.15, 0.2) is 9.84 Å². The molecule has 1 fully saturated rings. The van der Waals surface area contributed by atoms with Crippen LogP contribution in [0.15, 0.2) is 54.6 Å². The zero-order valence-electron chi connectivity index (χ0n) is 14.8. The van der Waals surface area contributed by atoms with Gasteiger partial charge in [-0.1, -0.05) is 30.3 Å². The fraction of sp³-hybridized carbons (Fsp3) is 0.350. The van der Waals surface area contributed by atoms with Gasteiger partial charge in [0.05, 0.1) is 5.75 Å². The van der Waals surface area contributed by atoms with E-state index in [2.05, 4.69) is 0 Å². The number of piperidine rings is 1. The molecular formula is C20H23NO4S. The molecule has 0 unspecified atom stereocenters. The van der Waals surface area contributed by atoms with Crippen molar-refractivity contribution in [2.24, 2.45) is 0 Å². The molecule has 0 N–H and O–H groups in total. The third-order valence-corrected chi connectivity index (χ3v) is 5.24. The van der Waals surface area contributed by atoms with Crippen molar-refractivity contribution in [1.29, 1.82) is 0 Å². The normalized spacial score (nSPS) is 15.7. The summed E-state index contributed by atoms with van der Waals surface area (Å²) in [6, 6.07) is 16.6. The van der Waals surface area contributed by atoms with E-state index in [1.54, 1.807) is 24.3 Å². The van der Waals surface area contributed by atoms with Crippen LogP contribution in [0.1, 0.15) is 28.8 Å². The third kappa shape index (κ3) is 5.08. The van der Waals surface area contributed by atoms with Crippen molar-refractivity contribution in [3.63, 3.8) is 0 Å². The Balaban J connectivity index is 1.59. The highest BCUT2D eigenvalue weighted by Crippen LogP contribution is 2.20. The number of hydrogen-bond acceptors (Lipinski definition) is 4. The summed E-state index contributed by atoms with van der Waals surface area (Å²) in [5.41, 5.74) is 1.18. The van der Waals surface area contributed by atoms with E-state index in [0.29, 0.717) is 24.2 Å². The average molecular weight is 373 g/mol. The fourth-order valence-electron chi connectivity index (χ4n) is 3.15. The van der Waals surface area contributed by atoms with Gasteiger partial charge in [0.25, 0.3) is 5.91 Å². The van der Waals surface area contributed by atoms with Crippen molar-refractivity contribution in [2.75, 3.05) is 19.3 Å². The van der Waals surface area contributed by atoms with Gasteiger partial charge in [-0.3, -0.25) is 4.79 Å². The predicted molar refractivity (Wildman–Crippen MR) is 101 cm³/mol. The van der Waals surface area contributed by atoms with Gasteiger partial charge in [0.2, 0.25) is 0 Å². The highest BCUT2D eigenvalue weighted by atomic mass is 32.2. The number of carbonyl (C=O) groups is 1. The molecule has 2 aromatic carbocycles. The van der Waals surface area contributed by atoms with Crippen LogP contribution in [0.3, 0.4) is 0 Å². The number of rotatable bonds is 5. The van der Waals surface area contributed by atoms with Crippen molar-refractivity contribution in [3.8, 4) is 5.75 Å². The molecule has 0 radical (unpaired) electrons. The van der Waals surface area contributed by atoms with Crippen molar-refractivity contribution in [2.45, 2.75) is 24.7 Å². The molecule has 1 aliphatic rings. The van der Waals surface area contributed by atoms with Gasteiger partial charge in [-0.15, -0.1) is 0 Å². The first kappa shape index (κ1) is 18.5. The number of likely N-dealkylation sites (tertiary alicyclic amines) is 1. The van der Waals surface area contributed by atoms with Gasteiger partial charge in [-0.25, -0.2) is 8.42 Å². The summed E-state index contributed by atoms with van der Waals surface area (Å²) in [6.45, 7) is 1.26. The molecule has 0 aliphatic carbocycles. The Hall–Kier alpha value is -2.34. The number of hydrogen-bond donors (Lipinski definition) is 0. The minimum absolute atomic E-state index is 0.0545. The first-order valence-electron chi connectivity index (χ1n) is 8.68. The van der Waals surface area contributed by atoms with E-state index in [4.69, 9.17) is 4.74 Å². The summed E-state index contributed by atoms with van der Waals surface area (Å²) in [5.74, 6) is 0.741. The topological polar surface area (TPSA) is 63.7 Å². The van der Waals surface area contributed by atoms with Gasteiger partial charge >= 0.3 is 0 Å². The summed E-state index contributed by atoms with van der Waals surface area (Å²) < 4.78 is 28.9. The lowest BCUT2D eigenvalue weighted by molar-refractivity contribution is 0.0595. The SMILES string of the molecule is CS(=O)(=O)Cc1cccc(C(=O)N2CCC(Oc3ccccc3)CC2)c1. The lowest BCUT2D eigenvalue weighted by Gasteiger charge is -2.32. The summed E-state index contributed by atoms with van der Waals surface area (Å²) >= 11 is 0. The number of carbonyl (C=O) groups excluding carboxylic acids is 1. The zero-order valence-corrected chi connectivity index (χ0v) is 15.6. The molecule has 6 heteroatoms. The summed E-state index contributed by atoms with van der Waals surface area (Å²) in [4.78, 5) is 14.5. The maximum absolute atomic E-state index is 12.7. The van der Waals surface area contributed by atoms with Gasteiger partial charge in [-0.05, 0) is 29.8 Å². The second-order valence-electron chi connectivity index (χ2n) is 6.69. The van der Waals surface area contributed by atoms with E-state index in [-0.39, 0.29) is 17.8 Å². The summed E-state index contributed by atoms with van der Waals surface area (Å²) in [6.07, 6.45) is 2.87. The van der Waals surface area contributed by atoms with Gasteiger partial charge in [0.1, 0.15) is 11.9 Å². The van der Waals surface area contributed by atoms with Crippen LogP contribution >= 0.6 is 0 Å². The van der Waals surface area contributed by atoms with Crippen molar-refractivity contribution < 1.29 is 17.9 Å². The van der Waals surface area contributed by atoms with Gasteiger partial charge in [0, 0.05) is 37.8 Å². The van der Waals surface area contributed by atoms with E-state index < -0.39 is 9.84 Å². The van der Waals surface area contributed by atoms with Crippen LogP contribution in [-0.4, -0.2) is 44.7 Å². The quantitative estimate of drug-likeness (QED) is 0.808. The van der Waals surface area contributed by atoms with E-state index in [1.165, 1.54) is 6.26 Å². The smallest absolute Gasteiger partial charge is 0.253 e. The molecule has 1 heterocycles. The molecule has 3 rings (SSSR count). The molecule has 0 aromatic heterocycles. The van der Waals surface area contributed by atoms with Crippen LogP contribution in [-0.2, 0) is 15.6 Å². The van der Waals surface area contributed by atoms with E-state index in [0.717, 1.165) is 18.6 Å². The number of benzene rings is 2. The van der Waals surface area contributed by atoms with Gasteiger partial charge in [-0.2, -0.15) is 0 Å². The van der Waals surface area contributed by atoms with E-state index >= 15 is 0 Å². The number of ether oxygens (including phenoxy) is 1. The van der Waals surface area contributed by atoms with Crippen LogP contribution in [0.5, 0.6) is 5.75 Å². The second kappa shape index (κ2) is 7.91. The average Bonchev–Trinajstić information content (AvgIpc) is 2.61. The molecule has 5 nitrogen and oxygen atoms in total. The van der Waals surface area contributed by atoms with Crippen molar-refractivity contribution in [3.05, 3.63) is 65.7 Å². The Morgan fingerprint density at radius 3 is 2.42 bits per heavy atom. The molecule has 0 bridgehead atoms. The Labute approximate surface area is 154 Å². The maximum Gasteiger partial charge on any atom is 0.253 e. The second-order valence-corrected chi connectivity index (χ2v) is 8.83. The molecule has 0 atom stereocenters. The Morgan fingerprint density at radius 1 is 1.08 bits per heavy atom. The molecule has 1 aliphatic heterocycles. The van der Waals surface area contributed by atoms with Gasteiger partial charge < -0.3 is 9.64 Å². The monoisotopic (exact) mass is 373 g/mol. The highest BCUT2D eigenvalue weighted by Gasteiger charge is 2.25. The Bertz CT molecular complexity index is 856. The molecule has 0 spiro atoms. The molecule has 1 amide bonds. The minimum Gasteiger partial charge on any atom is -0.490 e. The maximum atomic E-state index is 12.7. The van der Waals surface area contributed by atoms with E-state index in [9.17, 15) is 13.2 Å². The molecule has 26 heavy (non-hydrogen) atoms. The minimum atomic E-state index is -3.12. The Kier molecular flexibility index (Phi) is 5.61. The standard InChI is InChI=1S/C20H23NO4S/c1-26(23,24)15-16-6-5-7-17(14-16)20(22)21-12-10-19(11-13-21)25-18-8-3-2-4-9-18/h2-9,14,19H,10-13,15H2,1H3. The lowest BCUT2D eigenvalue weighted by Crippen LogP contribution is -2.41. The number of sulfone groups is 1. The predicted octanol–water partition coefficient (Wildman–Crippen LogP) is 2.91. The number of nitrogens with zero attached hydrogens (tertiary/aromatic N) is 1. The van der Waals surface area contributed by atoms with Crippen LogP contribution in [0.2, 0.25) is 0 Å². The first-order valence-corrected chi connectivity index (χ1v) is 10.7. The molecule has 138 valence electrons. The first-order chi connectivity index (χ1) is 12.4. The summed E-state index contributed by atoms with van der Waals surface area (Å²) in [7, 11) is -3.12. The van der Waals surface area contributed by atoms with Crippen LogP contribution in [0, 0.1) is 0 Å². The van der Waals surface area contributed by atoms with Crippen LogP contribution < -0.4 is 4.74 Å². The molecule has 2 aromatic rings. The van der Waals surface area contributed by atoms with Crippen LogP contribution in [0.25, 0.3) is 0 Å². The van der Waals surface area contributed by atoms with Crippen molar-refractivity contribution >= 4 is 15.7 Å².